The van der Waals surface area contributed by atoms with Gasteiger partial charge in [0, 0.05) is 6.07 Å². The number of hydrogen-bond donors (Lipinski definition) is 0. The van der Waals surface area contributed by atoms with Crippen LogP contribution in [0.1, 0.15) is 0 Å². The number of rotatable bonds is 1. The summed E-state index contributed by atoms with van der Waals surface area (Å²) < 4.78 is 16.8. The molecule has 0 saturated carbocycles. The molecule has 0 atom stereocenters. The van der Waals surface area contributed by atoms with E-state index in [-0.39, 0.29) is 5.82 Å². The van der Waals surface area contributed by atoms with E-state index in [1.807, 2.05) is 0 Å². The van der Waals surface area contributed by atoms with Crippen molar-refractivity contribution in [1.29, 1.82) is 0 Å². The van der Waals surface area contributed by atoms with Crippen LogP contribution in [0.2, 0.25) is 0 Å². The topological polar surface area (TPSA) is 9.23 Å². The molecule has 0 aromatic heterocycles. The lowest BCUT2D eigenvalue weighted by atomic mass is 10.3. The summed E-state index contributed by atoms with van der Waals surface area (Å²) >= 11 is 0. The molecule has 0 saturated heterocycles. The van der Waals surface area contributed by atoms with Crippen LogP contribution in [0.25, 0.3) is 0 Å². The molecule has 0 heterocycles. The zero-order valence-electron chi connectivity index (χ0n) is 4.80. The first-order chi connectivity index (χ1) is 4.33. The first-order valence-corrected chi connectivity index (χ1v) is 2.50. The second-order valence-corrected chi connectivity index (χ2v) is 1.60. The van der Waals surface area contributed by atoms with Gasteiger partial charge in [-0.1, -0.05) is 6.07 Å². The van der Waals surface area contributed by atoms with Crippen LogP contribution in [-0.2, 0) is 0 Å². The lowest BCUT2D eigenvalue weighted by Gasteiger charge is -1.95. The van der Waals surface area contributed by atoms with Crippen LogP contribution >= 0.6 is 0 Å². The summed E-state index contributed by atoms with van der Waals surface area (Å²) in [7, 11) is 3.13. The van der Waals surface area contributed by atoms with Crippen molar-refractivity contribution in [3.05, 3.63) is 37.2 Å². The van der Waals surface area contributed by atoms with Crippen molar-refractivity contribution in [2.24, 2.45) is 0 Å². The van der Waals surface area contributed by atoms with Gasteiger partial charge in [-0.25, -0.2) is 4.39 Å². The van der Waals surface area contributed by atoms with E-state index in [2.05, 4.69) is 11.8 Å². The van der Waals surface area contributed by atoms with Crippen LogP contribution in [-0.4, -0.2) is 0 Å². The average molecular weight is 125 g/mol. The third-order valence-corrected chi connectivity index (χ3v) is 0.963. The van der Waals surface area contributed by atoms with Crippen molar-refractivity contribution in [2.45, 2.75) is 0 Å². The first kappa shape index (κ1) is 6.08. The Labute approximate surface area is 53.1 Å². The second-order valence-electron chi connectivity index (χ2n) is 1.60. The zero-order valence-corrected chi connectivity index (χ0v) is 4.80. The smallest absolute Gasteiger partial charge is 0.126 e. The molecule has 1 aromatic rings. The van der Waals surface area contributed by atoms with Gasteiger partial charge < -0.3 is 4.74 Å². The third-order valence-electron chi connectivity index (χ3n) is 0.963. The van der Waals surface area contributed by atoms with Crippen LogP contribution < -0.4 is 4.74 Å². The van der Waals surface area contributed by atoms with Gasteiger partial charge in [0.2, 0.25) is 0 Å². The largest absolute Gasteiger partial charge is 0.490 e. The molecule has 2 heteroatoms. The van der Waals surface area contributed by atoms with Gasteiger partial charge >= 0.3 is 0 Å². The van der Waals surface area contributed by atoms with E-state index in [1.54, 1.807) is 12.1 Å². The monoisotopic (exact) mass is 125 g/mol. The summed E-state index contributed by atoms with van der Waals surface area (Å²) in [4.78, 5) is 0. The molecule has 0 amide bonds. The van der Waals surface area contributed by atoms with Gasteiger partial charge in [-0.2, -0.15) is 0 Å². The van der Waals surface area contributed by atoms with Crippen molar-refractivity contribution >= 4 is 0 Å². The summed E-state index contributed by atoms with van der Waals surface area (Å²) in [5, 5.41) is 0. The standard InChI is InChI=1S/C7H6FO/c1-9-7-4-2-3-6(8)5-7/h2-5H,1H2. The van der Waals surface area contributed by atoms with E-state index < -0.39 is 0 Å². The predicted molar refractivity (Wildman–Crippen MR) is 32.4 cm³/mol. The molecule has 1 aromatic carbocycles. The minimum absolute atomic E-state index is 0.309. The Bertz CT molecular complexity index is 198. The molecular weight excluding hydrogens is 119 g/mol. The van der Waals surface area contributed by atoms with Crippen LogP contribution in [0.3, 0.4) is 0 Å². The van der Waals surface area contributed by atoms with Crippen molar-refractivity contribution in [3.63, 3.8) is 0 Å². The molecule has 0 N–H and O–H groups in total. The van der Waals surface area contributed by atoms with Crippen molar-refractivity contribution < 1.29 is 9.13 Å². The van der Waals surface area contributed by atoms with Gasteiger partial charge in [-0.15, -0.1) is 0 Å². The molecule has 0 unspecified atom stereocenters. The molecule has 0 aliphatic heterocycles. The van der Waals surface area contributed by atoms with Crippen LogP contribution in [0.5, 0.6) is 5.75 Å². The minimum atomic E-state index is -0.309. The molecule has 0 aliphatic carbocycles. The maximum absolute atomic E-state index is 12.2. The Morgan fingerprint density at radius 1 is 1.44 bits per heavy atom. The maximum atomic E-state index is 12.2. The van der Waals surface area contributed by atoms with Gasteiger partial charge in [0.05, 0.1) is 0 Å². The van der Waals surface area contributed by atoms with Gasteiger partial charge in [0.1, 0.15) is 18.7 Å². The normalized spacial score (nSPS) is 9.11. The molecular formula is C7H6FO. The van der Waals surface area contributed by atoms with Gasteiger partial charge in [-0.3, -0.25) is 0 Å². The highest BCUT2D eigenvalue weighted by atomic mass is 19.1. The Morgan fingerprint density at radius 3 is 2.67 bits per heavy atom. The fourth-order valence-electron chi connectivity index (χ4n) is 0.557. The Morgan fingerprint density at radius 2 is 2.22 bits per heavy atom. The highest BCUT2D eigenvalue weighted by Gasteiger charge is 1.90. The van der Waals surface area contributed by atoms with E-state index in [4.69, 9.17) is 0 Å². The fourth-order valence-corrected chi connectivity index (χ4v) is 0.557. The van der Waals surface area contributed by atoms with Gasteiger partial charge in [0.15, 0.2) is 0 Å². The molecule has 0 fully saturated rings. The van der Waals surface area contributed by atoms with Crippen LogP contribution in [0.15, 0.2) is 24.3 Å². The molecule has 1 radical (unpaired) electrons. The Hall–Kier alpha value is -1.05. The second kappa shape index (κ2) is 2.49. The number of halogens is 1. The number of hydrogen-bond acceptors (Lipinski definition) is 1. The highest BCUT2D eigenvalue weighted by Crippen LogP contribution is 2.10. The van der Waals surface area contributed by atoms with Crippen LogP contribution in [0.4, 0.5) is 4.39 Å². The molecule has 1 rings (SSSR count). The fraction of sp³-hybridized carbons (Fsp3) is 0. The van der Waals surface area contributed by atoms with E-state index in [1.165, 1.54) is 12.1 Å². The van der Waals surface area contributed by atoms with Crippen molar-refractivity contribution in [1.82, 2.24) is 0 Å². The lowest BCUT2D eigenvalue weighted by molar-refractivity contribution is 0.467. The molecule has 9 heavy (non-hydrogen) atoms. The van der Waals surface area contributed by atoms with E-state index >= 15 is 0 Å². The van der Waals surface area contributed by atoms with Crippen molar-refractivity contribution in [3.8, 4) is 5.75 Å². The highest BCUT2D eigenvalue weighted by molar-refractivity contribution is 5.22. The molecule has 0 spiro atoms. The first-order valence-electron chi connectivity index (χ1n) is 2.50. The SMILES string of the molecule is [CH2]Oc1cccc(F)c1. The summed E-state index contributed by atoms with van der Waals surface area (Å²) in [6.45, 7) is 0. The molecule has 0 aliphatic rings. The molecule has 47 valence electrons. The van der Waals surface area contributed by atoms with Crippen molar-refractivity contribution in [2.75, 3.05) is 0 Å². The Balaban J connectivity index is 2.94. The summed E-state index contributed by atoms with van der Waals surface area (Å²) in [6.07, 6.45) is 0. The van der Waals surface area contributed by atoms with E-state index in [9.17, 15) is 4.39 Å². The van der Waals surface area contributed by atoms with Gasteiger partial charge in [0.25, 0.3) is 0 Å². The van der Waals surface area contributed by atoms with E-state index in [0.29, 0.717) is 5.75 Å². The molecule has 0 bridgehead atoms. The average Bonchev–Trinajstić information content (AvgIpc) is 1.88. The zero-order chi connectivity index (χ0) is 6.69. The number of ether oxygens (including phenoxy) is 1. The summed E-state index contributed by atoms with van der Waals surface area (Å²) in [5.74, 6) is 0.131. The van der Waals surface area contributed by atoms with Gasteiger partial charge in [-0.05, 0) is 12.1 Å². The quantitative estimate of drug-likeness (QED) is 0.557. The molecule has 1 nitrogen and oxygen atoms in total. The lowest BCUT2D eigenvalue weighted by Crippen LogP contribution is -1.78. The summed E-state index contributed by atoms with van der Waals surface area (Å²) in [5.41, 5.74) is 0. The number of benzene rings is 1. The van der Waals surface area contributed by atoms with E-state index in [0.717, 1.165) is 0 Å². The maximum Gasteiger partial charge on any atom is 0.126 e. The Kier molecular flexibility index (Phi) is 1.68. The summed E-state index contributed by atoms with van der Waals surface area (Å²) in [6, 6.07) is 5.82. The minimum Gasteiger partial charge on any atom is -0.490 e. The van der Waals surface area contributed by atoms with Crippen LogP contribution in [0, 0.1) is 12.9 Å². The third kappa shape index (κ3) is 1.42. The predicted octanol–water partition coefficient (Wildman–Crippen LogP) is 2.00.